The van der Waals surface area contributed by atoms with Gasteiger partial charge < -0.3 is 5.73 Å². The highest BCUT2D eigenvalue weighted by atomic mass is 15.3. The Morgan fingerprint density at radius 2 is 2.31 bits per heavy atom. The third-order valence-electron chi connectivity index (χ3n) is 4.31. The maximum Gasteiger partial charge on any atom is 0.0577 e. The summed E-state index contributed by atoms with van der Waals surface area (Å²) in [5.41, 5.74) is 7.40. The van der Waals surface area contributed by atoms with E-state index in [1.165, 1.54) is 12.1 Å². The van der Waals surface area contributed by atoms with Crippen molar-refractivity contribution in [2.24, 2.45) is 11.7 Å². The molecule has 5 atom stereocenters. The van der Waals surface area contributed by atoms with Gasteiger partial charge in [0.1, 0.15) is 0 Å². The Hall–Kier alpha value is -0.930. The van der Waals surface area contributed by atoms with Crippen molar-refractivity contribution < 1.29 is 0 Å². The number of hydrogen-bond donors (Lipinski definition) is 1. The Morgan fingerprint density at radius 1 is 1.44 bits per heavy atom. The van der Waals surface area contributed by atoms with Crippen LogP contribution in [0.5, 0.6) is 0 Å². The van der Waals surface area contributed by atoms with Crippen molar-refractivity contribution in [1.82, 2.24) is 9.88 Å². The molecule has 4 rings (SSSR count). The first-order chi connectivity index (χ1) is 7.77. The minimum absolute atomic E-state index is 0.272. The second-order valence-electron chi connectivity index (χ2n) is 5.11. The largest absolute Gasteiger partial charge is 0.316 e. The summed E-state index contributed by atoms with van der Waals surface area (Å²) in [6.07, 6.45) is 4.58. The van der Waals surface area contributed by atoms with Crippen molar-refractivity contribution in [2.45, 2.75) is 37.9 Å². The van der Waals surface area contributed by atoms with Gasteiger partial charge in [0.15, 0.2) is 0 Å². The number of fused-ring (bicyclic) bond motifs is 3. The van der Waals surface area contributed by atoms with E-state index in [9.17, 15) is 0 Å². The second kappa shape index (κ2) is 3.82. The number of aromatic nitrogens is 1. The van der Waals surface area contributed by atoms with Gasteiger partial charge in [-0.3, -0.25) is 9.88 Å². The molecule has 0 aliphatic carbocycles. The van der Waals surface area contributed by atoms with Crippen LogP contribution in [-0.4, -0.2) is 28.6 Å². The number of piperidine rings is 3. The highest BCUT2D eigenvalue weighted by molar-refractivity contribution is 5.17. The summed E-state index contributed by atoms with van der Waals surface area (Å²) in [5.74, 6) is 1.31. The molecular weight excluding hydrogens is 198 g/mol. The van der Waals surface area contributed by atoms with Crippen LogP contribution >= 0.6 is 0 Å². The molecular formula is C13H19N3. The molecule has 0 amide bonds. The third kappa shape index (κ3) is 1.46. The normalized spacial score (nSPS) is 42.2. The van der Waals surface area contributed by atoms with Crippen LogP contribution in [0, 0.1) is 5.92 Å². The monoisotopic (exact) mass is 217 g/mol. The predicted molar refractivity (Wildman–Crippen MR) is 63.8 cm³/mol. The van der Waals surface area contributed by atoms with Crippen LogP contribution in [0.1, 0.15) is 31.4 Å². The van der Waals surface area contributed by atoms with Crippen molar-refractivity contribution in [1.29, 1.82) is 0 Å². The lowest BCUT2D eigenvalue weighted by molar-refractivity contribution is -0.0136. The van der Waals surface area contributed by atoms with E-state index in [0.29, 0.717) is 12.0 Å². The molecule has 0 radical (unpaired) electrons. The Balaban J connectivity index is 1.92. The molecule has 86 valence electrons. The van der Waals surface area contributed by atoms with Gasteiger partial charge >= 0.3 is 0 Å². The first kappa shape index (κ1) is 10.2. The van der Waals surface area contributed by atoms with Crippen molar-refractivity contribution in [2.75, 3.05) is 6.54 Å². The smallest absolute Gasteiger partial charge is 0.0577 e. The maximum atomic E-state index is 6.16. The molecule has 3 nitrogen and oxygen atoms in total. The number of hydrogen-bond acceptors (Lipinski definition) is 3. The van der Waals surface area contributed by atoms with Gasteiger partial charge in [0.05, 0.1) is 6.17 Å². The minimum Gasteiger partial charge on any atom is -0.316 e. The number of pyridine rings is 1. The Bertz CT molecular complexity index is 363. The summed E-state index contributed by atoms with van der Waals surface area (Å²) in [5, 5.41) is 0. The molecule has 1 aromatic rings. The summed E-state index contributed by atoms with van der Waals surface area (Å²) in [7, 11) is 0. The fourth-order valence-corrected chi connectivity index (χ4v) is 3.54. The lowest BCUT2D eigenvalue weighted by Crippen LogP contribution is -2.60. The van der Waals surface area contributed by atoms with Crippen LogP contribution in [0.3, 0.4) is 0 Å². The van der Waals surface area contributed by atoms with Crippen LogP contribution in [0.25, 0.3) is 0 Å². The molecule has 3 saturated heterocycles. The molecule has 5 unspecified atom stereocenters. The summed E-state index contributed by atoms with van der Waals surface area (Å²) >= 11 is 0. The Labute approximate surface area is 96.7 Å². The van der Waals surface area contributed by atoms with Gasteiger partial charge in [-0.1, -0.05) is 6.07 Å². The minimum atomic E-state index is 0.272. The molecule has 16 heavy (non-hydrogen) atoms. The highest BCUT2D eigenvalue weighted by Crippen LogP contribution is 2.43. The number of rotatable bonds is 1. The average molecular weight is 217 g/mol. The lowest BCUT2D eigenvalue weighted by Gasteiger charge is -2.52. The zero-order valence-electron chi connectivity index (χ0n) is 9.71. The zero-order valence-corrected chi connectivity index (χ0v) is 9.71. The van der Waals surface area contributed by atoms with Gasteiger partial charge in [-0.2, -0.15) is 0 Å². The van der Waals surface area contributed by atoms with Crippen molar-refractivity contribution in [3.63, 3.8) is 0 Å². The van der Waals surface area contributed by atoms with Crippen LogP contribution in [0.4, 0.5) is 0 Å². The van der Waals surface area contributed by atoms with Gasteiger partial charge in [-0.25, -0.2) is 0 Å². The molecule has 3 heteroatoms. The van der Waals surface area contributed by atoms with Gasteiger partial charge in [-0.15, -0.1) is 0 Å². The van der Waals surface area contributed by atoms with Gasteiger partial charge in [0.25, 0.3) is 0 Å². The number of nitrogens with two attached hydrogens (primary N) is 1. The summed E-state index contributed by atoms with van der Waals surface area (Å²) in [4.78, 5) is 6.97. The fourth-order valence-electron chi connectivity index (χ4n) is 3.54. The molecule has 2 bridgehead atoms. The molecule has 3 aliphatic heterocycles. The van der Waals surface area contributed by atoms with Crippen molar-refractivity contribution in [3.8, 4) is 0 Å². The zero-order chi connectivity index (χ0) is 11.1. The van der Waals surface area contributed by atoms with Gasteiger partial charge in [0, 0.05) is 30.4 Å². The van der Waals surface area contributed by atoms with E-state index in [2.05, 4.69) is 28.9 Å². The average Bonchev–Trinajstić information content (AvgIpc) is 2.30. The molecule has 3 aliphatic rings. The van der Waals surface area contributed by atoms with Crippen LogP contribution < -0.4 is 5.73 Å². The van der Waals surface area contributed by atoms with E-state index in [1.54, 1.807) is 0 Å². The topological polar surface area (TPSA) is 42.2 Å². The fraction of sp³-hybridized carbons (Fsp3) is 0.615. The Morgan fingerprint density at radius 3 is 2.94 bits per heavy atom. The standard InChI is InChI=1S/C13H19N3/c1-9-13(11-4-2-3-6-15-11)10-5-7-16(9)12(14)8-10/h2-4,6,9-10,12-13H,5,7-8,14H2,1H3. The van der Waals surface area contributed by atoms with Crippen LogP contribution in [0.2, 0.25) is 0 Å². The summed E-state index contributed by atoms with van der Waals surface area (Å²) in [6.45, 7) is 3.46. The van der Waals surface area contributed by atoms with Crippen molar-refractivity contribution >= 4 is 0 Å². The van der Waals surface area contributed by atoms with E-state index in [4.69, 9.17) is 5.73 Å². The predicted octanol–water partition coefficient (Wildman–Crippen LogP) is 1.56. The molecule has 4 heterocycles. The van der Waals surface area contributed by atoms with Crippen molar-refractivity contribution in [3.05, 3.63) is 30.1 Å². The third-order valence-corrected chi connectivity index (χ3v) is 4.31. The second-order valence-corrected chi connectivity index (χ2v) is 5.11. The summed E-state index contributed by atoms with van der Waals surface area (Å²) < 4.78 is 0. The van der Waals surface area contributed by atoms with Gasteiger partial charge in [0.2, 0.25) is 0 Å². The maximum absolute atomic E-state index is 6.16. The SMILES string of the molecule is CC1C(c2ccccn2)C2CCN1C(N)C2. The molecule has 3 fully saturated rings. The first-order valence-electron chi connectivity index (χ1n) is 6.19. The lowest BCUT2D eigenvalue weighted by atomic mass is 9.71. The van der Waals surface area contributed by atoms with E-state index in [-0.39, 0.29) is 6.17 Å². The summed E-state index contributed by atoms with van der Waals surface area (Å²) in [6, 6.07) is 6.78. The molecule has 1 aromatic heterocycles. The highest BCUT2D eigenvalue weighted by Gasteiger charge is 2.44. The van der Waals surface area contributed by atoms with E-state index in [0.717, 1.165) is 18.9 Å². The number of nitrogens with zero attached hydrogens (tertiary/aromatic N) is 2. The van der Waals surface area contributed by atoms with Crippen LogP contribution in [-0.2, 0) is 0 Å². The molecule has 0 aromatic carbocycles. The van der Waals surface area contributed by atoms with Gasteiger partial charge in [-0.05, 0) is 37.8 Å². The van der Waals surface area contributed by atoms with E-state index < -0.39 is 0 Å². The first-order valence-corrected chi connectivity index (χ1v) is 6.19. The molecule has 0 spiro atoms. The Kier molecular flexibility index (Phi) is 2.45. The quantitative estimate of drug-likeness (QED) is 0.776. The molecule has 0 saturated carbocycles. The van der Waals surface area contributed by atoms with E-state index in [1.807, 2.05) is 12.3 Å². The molecule has 2 N–H and O–H groups in total. The van der Waals surface area contributed by atoms with Crippen LogP contribution in [0.15, 0.2) is 24.4 Å². The van der Waals surface area contributed by atoms with E-state index >= 15 is 0 Å².